The Morgan fingerprint density at radius 1 is 1.15 bits per heavy atom. The van der Waals surface area contributed by atoms with Gasteiger partial charge in [-0.25, -0.2) is 0 Å². The maximum atomic E-state index is 12.2. The minimum atomic E-state index is -0.733. The maximum absolute atomic E-state index is 12.2. The largest absolute Gasteiger partial charge is 0.388 e. The number of non-ortho nitro benzene ring substituents is 1. The summed E-state index contributed by atoms with van der Waals surface area (Å²) in [7, 11) is 0. The predicted octanol–water partition coefficient (Wildman–Crippen LogP) is 4.25. The number of carbonyl (C=O) groups excluding carboxylic acids is 1. The number of benzene rings is 3. The molecule has 0 aromatic heterocycles. The Hall–Kier alpha value is -2.96. The third-order valence-corrected chi connectivity index (χ3v) is 4.61. The van der Waals surface area contributed by atoms with Crippen molar-refractivity contribution in [3.8, 4) is 0 Å². The van der Waals surface area contributed by atoms with E-state index in [0.29, 0.717) is 6.42 Å². The normalized spacial score (nSPS) is 11.9. The molecule has 0 bridgehead atoms. The molecule has 3 rings (SSSR count). The van der Waals surface area contributed by atoms with E-state index in [9.17, 15) is 20.0 Å². The lowest BCUT2D eigenvalue weighted by atomic mass is 9.99. The lowest BCUT2D eigenvalue weighted by Gasteiger charge is -2.14. The SMILES string of the molecule is O=C(NCCC(O)c1cccc2ccccc12)c1ccc([N+](=O)[O-])cc1Cl. The van der Waals surface area contributed by atoms with Gasteiger partial charge in [-0.1, -0.05) is 54.1 Å². The molecular weight excluding hydrogens is 368 g/mol. The van der Waals surface area contributed by atoms with Crippen LogP contribution in [0.5, 0.6) is 0 Å². The standard InChI is InChI=1S/C20H17ClN2O4/c21-18-12-14(23(26)27)8-9-17(18)20(25)22-11-10-19(24)16-7-3-5-13-4-1-2-6-15(13)16/h1-9,12,19,24H,10-11H2,(H,22,25). The van der Waals surface area contributed by atoms with E-state index in [-0.39, 0.29) is 22.8 Å². The number of aliphatic hydroxyl groups is 1. The van der Waals surface area contributed by atoms with Gasteiger partial charge in [0.2, 0.25) is 0 Å². The predicted molar refractivity (Wildman–Crippen MR) is 104 cm³/mol. The molecule has 0 aliphatic heterocycles. The van der Waals surface area contributed by atoms with Crippen LogP contribution in [0.15, 0.2) is 60.7 Å². The molecule has 0 aliphatic rings. The van der Waals surface area contributed by atoms with E-state index in [2.05, 4.69) is 5.32 Å². The highest BCUT2D eigenvalue weighted by Gasteiger charge is 2.16. The molecule has 2 N–H and O–H groups in total. The first-order valence-corrected chi connectivity index (χ1v) is 8.73. The van der Waals surface area contributed by atoms with E-state index in [0.717, 1.165) is 22.4 Å². The summed E-state index contributed by atoms with van der Waals surface area (Å²) in [6.45, 7) is 0.233. The molecule has 1 amide bonds. The molecule has 3 aromatic carbocycles. The third-order valence-electron chi connectivity index (χ3n) is 4.29. The van der Waals surface area contributed by atoms with E-state index in [4.69, 9.17) is 11.6 Å². The number of rotatable bonds is 6. The van der Waals surface area contributed by atoms with Gasteiger partial charge in [0.1, 0.15) is 0 Å². The summed E-state index contributed by atoms with van der Waals surface area (Å²) in [4.78, 5) is 22.4. The number of halogens is 1. The van der Waals surface area contributed by atoms with Crippen LogP contribution in [0.2, 0.25) is 5.02 Å². The number of nitrogens with one attached hydrogen (secondary N) is 1. The van der Waals surface area contributed by atoms with Gasteiger partial charge in [-0.3, -0.25) is 14.9 Å². The molecule has 0 aliphatic carbocycles. The first-order valence-electron chi connectivity index (χ1n) is 8.35. The Kier molecular flexibility index (Phi) is 5.69. The zero-order valence-corrected chi connectivity index (χ0v) is 15.0. The average molecular weight is 385 g/mol. The Morgan fingerprint density at radius 3 is 2.63 bits per heavy atom. The molecule has 0 saturated carbocycles. The van der Waals surface area contributed by atoms with Gasteiger partial charge in [0, 0.05) is 18.7 Å². The maximum Gasteiger partial charge on any atom is 0.270 e. The molecule has 1 unspecified atom stereocenters. The summed E-state index contributed by atoms with van der Waals surface area (Å²) in [5.74, 6) is -0.444. The van der Waals surface area contributed by atoms with Crippen molar-refractivity contribution in [2.45, 2.75) is 12.5 Å². The van der Waals surface area contributed by atoms with Crippen molar-refractivity contribution in [1.29, 1.82) is 0 Å². The minimum absolute atomic E-state index is 0.0105. The number of nitro benzene ring substituents is 1. The summed E-state index contributed by atoms with van der Waals surface area (Å²) in [5, 5.41) is 25.9. The molecule has 138 valence electrons. The summed E-state index contributed by atoms with van der Waals surface area (Å²) >= 11 is 5.96. The molecule has 0 fully saturated rings. The van der Waals surface area contributed by atoms with Crippen molar-refractivity contribution < 1.29 is 14.8 Å². The van der Waals surface area contributed by atoms with Gasteiger partial charge < -0.3 is 10.4 Å². The number of amides is 1. The second-order valence-corrected chi connectivity index (χ2v) is 6.46. The minimum Gasteiger partial charge on any atom is -0.388 e. The Bertz CT molecular complexity index is 1000. The summed E-state index contributed by atoms with van der Waals surface area (Å²) in [6, 6.07) is 17.2. The van der Waals surface area contributed by atoms with E-state index in [1.165, 1.54) is 12.1 Å². The van der Waals surface area contributed by atoms with Crippen LogP contribution in [0.4, 0.5) is 5.69 Å². The fourth-order valence-electron chi connectivity index (χ4n) is 2.92. The lowest BCUT2D eigenvalue weighted by molar-refractivity contribution is -0.384. The van der Waals surface area contributed by atoms with Crippen LogP contribution in [-0.4, -0.2) is 22.5 Å². The number of hydrogen-bond acceptors (Lipinski definition) is 4. The first kappa shape index (κ1) is 18.8. The van der Waals surface area contributed by atoms with E-state index < -0.39 is 16.9 Å². The summed E-state index contributed by atoms with van der Waals surface area (Å²) in [6.07, 6.45) is -0.409. The third kappa shape index (κ3) is 4.24. The van der Waals surface area contributed by atoms with Crippen LogP contribution in [0.25, 0.3) is 10.8 Å². The smallest absolute Gasteiger partial charge is 0.270 e. The molecule has 0 saturated heterocycles. The second kappa shape index (κ2) is 8.16. The molecule has 27 heavy (non-hydrogen) atoms. The zero-order valence-electron chi connectivity index (χ0n) is 14.3. The van der Waals surface area contributed by atoms with Crippen LogP contribution in [0.1, 0.15) is 28.4 Å². The van der Waals surface area contributed by atoms with E-state index in [1.807, 2.05) is 42.5 Å². The first-order chi connectivity index (χ1) is 13.0. The molecule has 0 radical (unpaired) electrons. The van der Waals surface area contributed by atoms with Crippen LogP contribution in [-0.2, 0) is 0 Å². The van der Waals surface area contributed by atoms with Crippen LogP contribution in [0, 0.1) is 10.1 Å². The number of carbonyl (C=O) groups is 1. The van der Waals surface area contributed by atoms with Gasteiger partial charge in [-0.2, -0.15) is 0 Å². The molecule has 6 nitrogen and oxygen atoms in total. The second-order valence-electron chi connectivity index (χ2n) is 6.05. The summed E-state index contributed by atoms with van der Waals surface area (Å²) < 4.78 is 0. The van der Waals surface area contributed by atoms with Gasteiger partial charge in [0.25, 0.3) is 11.6 Å². The lowest BCUT2D eigenvalue weighted by Crippen LogP contribution is -2.26. The van der Waals surface area contributed by atoms with Crippen molar-refractivity contribution >= 4 is 34.0 Å². The van der Waals surface area contributed by atoms with Crippen molar-refractivity contribution in [3.63, 3.8) is 0 Å². The van der Waals surface area contributed by atoms with Gasteiger partial charge in [-0.05, 0) is 28.8 Å². The van der Waals surface area contributed by atoms with E-state index >= 15 is 0 Å². The van der Waals surface area contributed by atoms with E-state index in [1.54, 1.807) is 0 Å². The molecular formula is C20H17ClN2O4. The number of hydrogen-bond donors (Lipinski definition) is 2. The number of nitrogens with zero attached hydrogens (tertiary/aromatic N) is 1. The Balaban J connectivity index is 1.64. The Morgan fingerprint density at radius 2 is 1.89 bits per heavy atom. The van der Waals surface area contributed by atoms with Crippen LogP contribution >= 0.6 is 11.6 Å². The molecule has 0 heterocycles. The van der Waals surface area contributed by atoms with Gasteiger partial charge >= 0.3 is 0 Å². The highest BCUT2D eigenvalue weighted by molar-refractivity contribution is 6.34. The van der Waals surface area contributed by atoms with Gasteiger partial charge in [0.05, 0.1) is 21.6 Å². The topological polar surface area (TPSA) is 92.5 Å². The quantitative estimate of drug-likeness (QED) is 0.490. The highest BCUT2D eigenvalue weighted by atomic mass is 35.5. The van der Waals surface area contributed by atoms with Crippen LogP contribution in [0.3, 0.4) is 0 Å². The molecule has 7 heteroatoms. The molecule has 1 atom stereocenters. The number of fused-ring (bicyclic) bond motifs is 1. The molecule has 0 spiro atoms. The zero-order chi connectivity index (χ0) is 19.4. The van der Waals surface area contributed by atoms with Gasteiger partial charge in [0.15, 0.2) is 0 Å². The molecule has 3 aromatic rings. The Labute approximate surface area is 160 Å². The van der Waals surface area contributed by atoms with Crippen molar-refractivity contribution in [1.82, 2.24) is 5.32 Å². The number of aliphatic hydroxyl groups excluding tert-OH is 1. The summed E-state index contributed by atoms with van der Waals surface area (Å²) in [5.41, 5.74) is 0.778. The van der Waals surface area contributed by atoms with Gasteiger partial charge in [-0.15, -0.1) is 0 Å². The highest BCUT2D eigenvalue weighted by Crippen LogP contribution is 2.26. The fourth-order valence-corrected chi connectivity index (χ4v) is 3.18. The van der Waals surface area contributed by atoms with Crippen LogP contribution < -0.4 is 5.32 Å². The van der Waals surface area contributed by atoms with Crippen molar-refractivity contribution in [3.05, 3.63) is 86.9 Å². The number of nitro groups is 1. The fraction of sp³-hybridized carbons (Fsp3) is 0.150. The monoisotopic (exact) mass is 384 g/mol. The average Bonchev–Trinajstić information content (AvgIpc) is 2.67. The van der Waals surface area contributed by atoms with Crippen molar-refractivity contribution in [2.75, 3.05) is 6.54 Å². The van der Waals surface area contributed by atoms with Crippen molar-refractivity contribution in [2.24, 2.45) is 0 Å².